The van der Waals surface area contributed by atoms with Gasteiger partial charge in [0.1, 0.15) is 17.9 Å². The van der Waals surface area contributed by atoms with Gasteiger partial charge >= 0.3 is 0 Å². The van der Waals surface area contributed by atoms with Crippen LogP contribution >= 0.6 is 11.3 Å². The molecule has 6 heteroatoms. The molecule has 0 bridgehead atoms. The molecule has 2 N–H and O–H groups in total. The van der Waals surface area contributed by atoms with Crippen LogP contribution < -0.4 is 15.2 Å². The highest BCUT2D eigenvalue weighted by Crippen LogP contribution is 2.38. The van der Waals surface area contributed by atoms with Gasteiger partial charge < -0.3 is 15.2 Å². The molecule has 1 aromatic heterocycles. The van der Waals surface area contributed by atoms with E-state index in [-0.39, 0.29) is 12.4 Å². The number of anilines is 1. The fourth-order valence-electron chi connectivity index (χ4n) is 2.01. The van der Waals surface area contributed by atoms with Crippen LogP contribution in [0.15, 0.2) is 36.4 Å². The molecule has 0 fully saturated rings. The maximum absolute atomic E-state index is 14.4. The van der Waals surface area contributed by atoms with Crippen molar-refractivity contribution in [2.75, 3.05) is 12.8 Å². The lowest BCUT2D eigenvalue weighted by Crippen LogP contribution is -1.98. The predicted octanol–water partition coefficient (Wildman–Crippen LogP) is 3.61. The van der Waals surface area contributed by atoms with Crippen molar-refractivity contribution < 1.29 is 13.9 Å². The van der Waals surface area contributed by atoms with Gasteiger partial charge in [0.2, 0.25) is 0 Å². The number of nitrogen functional groups attached to an aromatic ring is 1. The van der Waals surface area contributed by atoms with Gasteiger partial charge in [0.15, 0.2) is 16.7 Å². The summed E-state index contributed by atoms with van der Waals surface area (Å²) in [4.78, 5) is 4.08. The summed E-state index contributed by atoms with van der Waals surface area (Å²) in [6.07, 6.45) is 0. The summed E-state index contributed by atoms with van der Waals surface area (Å²) in [5, 5.41) is 0.294. The number of thiazole rings is 1. The maximum atomic E-state index is 14.4. The second-order valence-electron chi connectivity index (χ2n) is 4.40. The van der Waals surface area contributed by atoms with Crippen molar-refractivity contribution in [2.45, 2.75) is 6.61 Å². The summed E-state index contributed by atoms with van der Waals surface area (Å²) in [5.74, 6) is 0.116. The molecular formula is C15H13FN2O2S. The first-order valence-electron chi connectivity index (χ1n) is 6.28. The normalized spacial score (nSPS) is 10.8. The molecule has 2 aromatic carbocycles. The van der Waals surface area contributed by atoms with Crippen molar-refractivity contribution in [1.82, 2.24) is 4.98 Å². The summed E-state index contributed by atoms with van der Waals surface area (Å²) in [7, 11) is 1.50. The Bertz CT molecular complexity index is 774. The molecule has 108 valence electrons. The Morgan fingerprint density at radius 2 is 2.00 bits per heavy atom. The lowest BCUT2D eigenvalue weighted by Gasteiger charge is -2.10. The molecule has 0 amide bonds. The van der Waals surface area contributed by atoms with Crippen LogP contribution in [0.5, 0.6) is 11.5 Å². The topological polar surface area (TPSA) is 57.4 Å². The van der Waals surface area contributed by atoms with Gasteiger partial charge in [-0.1, -0.05) is 41.7 Å². The van der Waals surface area contributed by atoms with Crippen molar-refractivity contribution in [2.24, 2.45) is 0 Å². The van der Waals surface area contributed by atoms with E-state index < -0.39 is 5.82 Å². The molecule has 1 heterocycles. The molecule has 0 saturated carbocycles. The van der Waals surface area contributed by atoms with E-state index in [9.17, 15) is 4.39 Å². The average molecular weight is 304 g/mol. The molecule has 0 unspecified atom stereocenters. The standard InChI is InChI=1S/C15H13FN2O2S/c1-19-11-7-10(20-8-9-5-3-2-4-6-9)12(16)14-13(11)18-15(17)21-14/h2-7H,8H2,1H3,(H2,17,18). The Balaban J connectivity index is 1.96. The number of hydrogen-bond acceptors (Lipinski definition) is 5. The Morgan fingerprint density at radius 1 is 1.24 bits per heavy atom. The summed E-state index contributed by atoms with van der Waals surface area (Å²) in [6, 6.07) is 11.1. The number of aromatic nitrogens is 1. The number of ether oxygens (including phenoxy) is 2. The molecule has 3 rings (SSSR count). The van der Waals surface area contributed by atoms with Gasteiger partial charge in [0, 0.05) is 6.07 Å². The van der Waals surface area contributed by atoms with Crippen molar-refractivity contribution in [1.29, 1.82) is 0 Å². The molecule has 0 aliphatic heterocycles. The second-order valence-corrected chi connectivity index (χ2v) is 5.43. The Labute approximate surface area is 124 Å². The van der Waals surface area contributed by atoms with Crippen molar-refractivity contribution in [3.63, 3.8) is 0 Å². The smallest absolute Gasteiger partial charge is 0.184 e. The predicted molar refractivity (Wildman–Crippen MR) is 81.3 cm³/mol. The lowest BCUT2D eigenvalue weighted by atomic mass is 10.2. The van der Waals surface area contributed by atoms with Crippen LogP contribution in [-0.2, 0) is 6.61 Å². The first-order chi connectivity index (χ1) is 10.2. The molecule has 0 aliphatic carbocycles. The summed E-state index contributed by atoms with van der Waals surface area (Å²) < 4.78 is 25.6. The third-order valence-corrected chi connectivity index (χ3v) is 3.89. The summed E-state index contributed by atoms with van der Waals surface area (Å²) >= 11 is 1.08. The quantitative estimate of drug-likeness (QED) is 0.800. The number of hydrogen-bond donors (Lipinski definition) is 1. The van der Waals surface area contributed by atoms with Crippen LogP contribution in [0.2, 0.25) is 0 Å². The zero-order chi connectivity index (χ0) is 14.8. The third-order valence-electron chi connectivity index (χ3n) is 3.01. The Morgan fingerprint density at radius 3 is 2.71 bits per heavy atom. The van der Waals surface area contributed by atoms with Crippen LogP contribution in [0.1, 0.15) is 5.56 Å². The van der Waals surface area contributed by atoms with Gasteiger partial charge in [-0.25, -0.2) is 9.37 Å². The van der Waals surface area contributed by atoms with Crippen molar-refractivity contribution in [3.05, 3.63) is 47.8 Å². The number of nitrogens with two attached hydrogens (primary N) is 1. The van der Waals surface area contributed by atoms with Crippen LogP contribution in [0, 0.1) is 5.82 Å². The molecule has 0 aliphatic rings. The first kappa shape index (κ1) is 13.6. The van der Waals surface area contributed by atoms with E-state index in [0.29, 0.717) is 21.1 Å². The second kappa shape index (κ2) is 5.57. The van der Waals surface area contributed by atoms with E-state index in [2.05, 4.69) is 4.98 Å². The van der Waals surface area contributed by atoms with Gasteiger partial charge in [-0.05, 0) is 5.56 Å². The molecule has 3 aromatic rings. The van der Waals surface area contributed by atoms with Crippen LogP contribution in [-0.4, -0.2) is 12.1 Å². The fourth-order valence-corrected chi connectivity index (χ4v) is 2.79. The number of rotatable bonds is 4. The van der Waals surface area contributed by atoms with Gasteiger partial charge in [-0.2, -0.15) is 0 Å². The highest BCUT2D eigenvalue weighted by atomic mass is 32.1. The lowest BCUT2D eigenvalue weighted by molar-refractivity contribution is 0.289. The number of fused-ring (bicyclic) bond motifs is 1. The van der Waals surface area contributed by atoms with Crippen molar-refractivity contribution >= 4 is 26.7 Å². The molecule has 0 radical (unpaired) electrons. The molecule has 0 saturated heterocycles. The van der Waals surface area contributed by atoms with E-state index in [1.807, 2.05) is 30.3 Å². The highest BCUT2D eigenvalue weighted by molar-refractivity contribution is 7.22. The zero-order valence-corrected chi connectivity index (χ0v) is 12.1. The van der Waals surface area contributed by atoms with Gasteiger partial charge in [-0.3, -0.25) is 0 Å². The van der Waals surface area contributed by atoms with E-state index in [0.717, 1.165) is 16.9 Å². The minimum Gasteiger partial charge on any atom is -0.494 e. The monoisotopic (exact) mass is 304 g/mol. The third kappa shape index (κ3) is 2.62. The molecule has 4 nitrogen and oxygen atoms in total. The van der Waals surface area contributed by atoms with Crippen LogP contribution in [0.4, 0.5) is 9.52 Å². The minimum absolute atomic E-state index is 0.131. The van der Waals surface area contributed by atoms with Gasteiger partial charge in [0.25, 0.3) is 0 Å². The SMILES string of the molecule is COc1cc(OCc2ccccc2)c(F)c2sc(N)nc12. The fraction of sp³-hybridized carbons (Fsp3) is 0.133. The molecular weight excluding hydrogens is 291 g/mol. The van der Waals surface area contributed by atoms with Crippen molar-refractivity contribution in [3.8, 4) is 11.5 Å². The number of methoxy groups -OCH3 is 1. The highest BCUT2D eigenvalue weighted by Gasteiger charge is 2.18. The molecule has 0 atom stereocenters. The number of nitrogens with zero attached hydrogens (tertiary/aromatic N) is 1. The molecule has 0 spiro atoms. The van der Waals surface area contributed by atoms with E-state index >= 15 is 0 Å². The van der Waals surface area contributed by atoms with Crippen LogP contribution in [0.3, 0.4) is 0 Å². The first-order valence-corrected chi connectivity index (χ1v) is 7.10. The van der Waals surface area contributed by atoms with E-state index in [4.69, 9.17) is 15.2 Å². The number of benzene rings is 2. The average Bonchev–Trinajstić information content (AvgIpc) is 2.90. The van der Waals surface area contributed by atoms with Gasteiger partial charge in [0.05, 0.1) is 11.8 Å². The zero-order valence-electron chi connectivity index (χ0n) is 11.3. The van der Waals surface area contributed by atoms with Gasteiger partial charge in [-0.15, -0.1) is 0 Å². The minimum atomic E-state index is -0.462. The van der Waals surface area contributed by atoms with Crippen LogP contribution in [0.25, 0.3) is 10.2 Å². The molecule has 21 heavy (non-hydrogen) atoms. The maximum Gasteiger partial charge on any atom is 0.184 e. The Kier molecular flexibility index (Phi) is 3.62. The number of halogens is 1. The van der Waals surface area contributed by atoms with E-state index in [1.54, 1.807) is 0 Å². The Hall–Kier alpha value is -2.34. The summed E-state index contributed by atoms with van der Waals surface area (Å²) in [6.45, 7) is 0.278. The summed E-state index contributed by atoms with van der Waals surface area (Å²) in [5.41, 5.74) is 7.02. The van der Waals surface area contributed by atoms with E-state index in [1.165, 1.54) is 13.2 Å². The largest absolute Gasteiger partial charge is 0.494 e.